The maximum atomic E-state index is 13.1. The van der Waals surface area contributed by atoms with Crippen LogP contribution >= 0.6 is 11.3 Å². The molecular weight excluding hydrogens is 407 g/mol. The predicted molar refractivity (Wildman–Crippen MR) is 114 cm³/mol. The largest absolute Gasteiger partial charge is 0.462 e. The fraction of sp³-hybridized carbons (Fsp3) is 0.409. The first-order chi connectivity index (χ1) is 14.4. The number of esters is 1. The smallest absolute Gasteiger partial charge is 0.341 e. The molecule has 2 amide bonds. The van der Waals surface area contributed by atoms with Crippen molar-refractivity contribution in [1.29, 1.82) is 0 Å². The van der Waals surface area contributed by atoms with Gasteiger partial charge in [0.2, 0.25) is 0 Å². The number of hydrogen-bond donors (Lipinski definition) is 2. The minimum Gasteiger partial charge on any atom is -0.462 e. The highest BCUT2D eigenvalue weighted by molar-refractivity contribution is 7.18. The van der Waals surface area contributed by atoms with Crippen molar-refractivity contribution in [2.75, 3.05) is 11.9 Å². The number of anilines is 1. The van der Waals surface area contributed by atoms with E-state index in [2.05, 4.69) is 10.6 Å². The average Bonchev–Trinajstić information content (AvgIpc) is 3.05. The molecule has 1 aromatic heterocycles. The number of rotatable bonds is 6. The van der Waals surface area contributed by atoms with Crippen LogP contribution in [0.4, 0.5) is 9.39 Å². The summed E-state index contributed by atoms with van der Waals surface area (Å²) in [7, 11) is 0. The van der Waals surface area contributed by atoms with Gasteiger partial charge in [-0.2, -0.15) is 0 Å². The van der Waals surface area contributed by atoms with Gasteiger partial charge in [-0.15, -0.1) is 11.3 Å². The van der Waals surface area contributed by atoms with Crippen molar-refractivity contribution >= 4 is 34.1 Å². The first-order valence-corrected chi connectivity index (χ1v) is 10.9. The normalized spacial score (nSPS) is 14.2. The maximum absolute atomic E-state index is 13.1. The Bertz CT molecular complexity index is 933. The monoisotopic (exact) mass is 432 g/mol. The number of nitrogens with one attached hydrogen (secondary N) is 2. The van der Waals surface area contributed by atoms with Crippen molar-refractivity contribution in [3.63, 3.8) is 0 Å². The molecule has 0 spiro atoms. The van der Waals surface area contributed by atoms with Crippen LogP contribution in [0.1, 0.15) is 75.0 Å². The maximum Gasteiger partial charge on any atom is 0.341 e. The van der Waals surface area contributed by atoms with Crippen molar-refractivity contribution in [3.8, 4) is 0 Å². The van der Waals surface area contributed by atoms with Crippen LogP contribution < -0.4 is 10.6 Å². The predicted octanol–water partition coefficient (Wildman–Crippen LogP) is 4.69. The third-order valence-electron chi connectivity index (χ3n) is 5.11. The molecule has 0 aliphatic heterocycles. The highest BCUT2D eigenvalue weighted by Gasteiger charge is 2.28. The second-order valence-corrected chi connectivity index (χ2v) is 8.27. The quantitative estimate of drug-likeness (QED) is 0.649. The number of carbonyl (C=O) groups is 3. The first kappa shape index (κ1) is 22.0. The Morgan fingerprint density at radius 1 is 1.10 bits per heavy atom. The van der Waals surface area contributed by atoms with Gasteiger partial charge in [0.15, 0.2) is 0 Å². The summed E-state index contributed by atoms with van der Waals surface area (Å²) in [5.74, 6) is -1.80. The summed E-state index contributed by atoms with van der Waals surface area (Å²) in [5, 5.41) is 5.97. The second-order valence-electron chi connectivity index (χ2n) is 7.25. The lowest BCUT2D eigenvalue weighted by Gasteiger charge is -2.22. The highest BCUT2D eigenvalue weighted by Crippen LogP contribution is 2.34. The molecular formula is C22H25FN2O4S. The molecule has 1 aliphatic rings. The SMILES string of the molecule is CCOC(=O)c1c(NC(=O)c2ccc(F)cc2)sc(C(=O)NC2CCCCC2)c1C. The van der Waals surface area contributed by atoms with Crippen molar-refractivity contribution in [2.45, 2.75) is 52.0 Å². The summed E-state index contributed by atoms with van der Waals surface area (Å²) < 4.78 is 18.3. The lowest BCUT2D eigenvalue weighted by Crippen LogP contribution is -2.36. The Hall–Kier alpha value is -2.74. The van der Waals surface area contributed by atoms with Gasteiger partial charge in [-0.3, -0.25) is 9.59 Å². The number of ether oxygens (including phenoxy) is 1. The Labute approximate surface area is 178 Å². The van der Waals surface area contributed by atoms with Gasteiger partial charge >= 0.3 is 5.97 Å². The zero-order valence-electron chi connectivity index (χ0n) is 17.0. The van der Waals surface area contributed by atoms with E-state index in [-0.39, 0.29) is 34.7 Å². The van der Waals surface area contributed by atoms with E-state index >= 15 is 0 Å². The number of thiophene rings is 1. The molecule has 0 radical (unpaired) electrons. The van der Waals surface area contributed by atoms with E-state index in [1.54, 1.807) is 13.8 Å². The van der Waals surface area contributed by atoms with Gasteiger partial charge < -0.3 is 15.4 Å². The molecule has 6 nitrogen and oxygen atoms in total. The molecule has 1 heterocycles. The molecule has 0 atom stereocenters. The standard InChI is InChI=1S/C22H25FN2O4S/c1-3-29-22(28)17-13(2)18(20(27)24-16-7-5-4-6-8-16)30-21(17)25-19(26)14-9-11-15(23)12-10-14/h9-12,16H,3-8H2,1-2H3,(H,24,27)(H,25,26). The molecule has 3 rings (SSSR count). The van der Waals surface area contributed by atoms with Gasteiger partial charge in [-0.05, 0) is 56.5 Å². The molecule has 1 saturated carbocycles. The van der Waals surface area contributed by atoms with Crippen LogP contribution in [0.5, 0.6) is 0 Å². The number of carbonyl (C=O) groups excluding carboxylic acids is 3. The molecule has 1 aromatic carbocycles. The van der Waals surface area contributed by atoms with Gasteiger partial charge in [0, 0.05) is 11.6 Å². The van der Waals surface area contributed by atoms with Gasteiger partial charge in [-0.1, -0.05) is 19.3 Å². The Kier molecular flexibility index (Phi) is 7.20. The van der Waals surface area contributed by atoms with Crippen LogP contribution in [0.25, 0.3) is 0 Å². The zero-order chi connectivity index (χ0) is 21.7. The van der Waals surface area contributed by atoms with E-state index in [1.165, 1.54) is 30.7 Å². The highest BCUT2D eigenvalue weighted by atomic mass is 32.1. The van der Waals surface area contributed by atoms with E-state index in [1.807, 2.05) is 0 Å². The van der Waals surface area contributed by atoms with E-state index in [4.69, 9.17) is 4.74 Å². The van der Waals surface area contributed by atoms with Gasteiger partial charge in [-0.25, -0.2) is 9.18 Å². The molecule has 2 aromatic rings. The Balaban J connectivity index is 1.87. The van der Waals surface area contributed by atoms with Crippen LogP contribution in [-0.2, 0) is 4.74 Å². The number of amides is 2. The molecule has 0 saturated heterocycles. The number of halogens is 1. The lowest BCUT2D eigenvalue weighted by molar-refractivity contribution is 0.0527. The van der Waals surface area contributed by atoms with Crippen LogP contribution in [0.15, 0.2) is 24.3 Å². The molecule has 1 aliphatic carbocycles. The first-order valence-electron chi connectivity index (χ1n) is 10.1. The van der Waals surface area contributed by atoms with Crippen molar-refractivity contribution in [3.05, 3.63) is 51.7 Å². The molecule has 0 unspecified atom stereocenters. The van der Waals surface area contributed by atoms with Crippen LogP contribution in [0.2, 0.25) is 0 Å². The average molecular weight is 433 g/mol. The van der Waals surface area contributed by atoms with Gasteiger partial charge in [0.25, 0.3) is 11.8 Å². The van der Waals surface area contributed by atoms with E-state index < -0.39 is 17.7 Å². The summed E-state index contributed by atoms with van der Waals surface area (Å²) in [6, 6.07) is 5.20. The molecule has 30 heavy (non-hydrogen) atoms. The summed E-state index contributed by atoms with van der Waals surface area (Å²) >= 11 is 1.04. The Morgan fingerprint density at radius 2 is 1.77 bits per heavy atom. The van der Waals surface area contributed by atoms with Crippen LogP contribution in [0.3, 0.4) is 0 Å². The van der Waals surface area contributed by atoms with Crippen molar-refractivity contribution < 1.29 is 23.5 Å². The third-order valence-corrected chi connectivity index (χ3v) is 6.31. The summed E-state index contributed by atoms with van der Waals surface area (Å²) in [6.45, 7) is 3.53. The van der Waals surface area contributed by atoms with E-state index in [0.717, 1.165) is 37.0 Å². The van der Waals surface area contributed by atoms with E-state index in [9.17, 15) is 18.8 Å². The second kappa shape index (κ2) is 9.84. The minimum atomic E-state index is -0.600. The van der Waals surface area contributed by atoms with E-state index in [0.29, 0.717) is 10.4 Å². The number of benzene rings is 1. The Morgan fingerprint density at radius 3 is 2.40 bits per heavy atom. The van der Waals surface area contributed by atoms with Crippen LogP contribution in [0, 0.1) is 12.7 Å². The topological polar surface area (TPSA) is 84.5 Å². The molecule has 8 heteroatoms. The molecule has 0 bridgehead atoms. The lowest BCUT2D eigenvalue weighted by atomic mass is 9.95. The summed E-state index contributed by atoms with van der Waals surface area (Å²) in [5.41, 5.74) is 0.887. The van der Waals surface area contributed by atoms with Gasteiger partial charge in [0.05, 0.1) is 17.0 Å². The summed E-state index contributed by atoms with van der Waals surface area (Å²) in [6.07, 6.45) is 5.23. The fourth-order valence-corrected chi connectivity index (χ4v) is 4.63. The molecule has 1 fully saturated rings. The summed E-state index contributed by atoms with van der Waals surface area (Å²) in [4.78, 5) is 38.4. The minimum absolute atomic E-state index is 0.121. The molecule has 160 valence electrons. The molecule has 2 N–H and O–H groups in total. The third kappa shape index (κ3) is 5.05. The van der Waals surface area contributed by atoms with Crippen molar-refractivity contribution in [1.82, 2.24) is 5.32 Å². The van der Waals surface area contributed by atoms with Crippen molar-refractivity contribution in [2.24, 2.45) is 0 Å². The van der Waals surface area contributed by atoms with Gasteiger partial charge in [0.1, 0.15) is 10.8 Å². The number of hydrogen-bond acceptors (Lipinski definition) is 5. The zero-order valence-corrected chi connectivity index (χ0v) is 17.9. The fourth-order valence-electron chi connectivity index (χ4n) is 3.54. The van der Waals surface area contributed by atoms with Crippen LogP contribution in [-0.4, -0.2) is 30.4 Å².